The highest BCUT2D eigenvalue weighted by Crippen LogP contribution is 2.12. The molecule has 1 aromatic carbocycles. The molecule has 25 heavy (non-hydrogen) atoms. The number of hydrogen-bond acceptors (Lipinski definition) is 4. The summed E-state index contributed by atoms with van der Waals surface area (Å²) >= 11 is 0. The van der Waals surface area contributed by atoms with Crippen LogP contribution >= 0.6 is 0 Å². The Morgan fingerprint density at radius 1 is 1.20 bits per heavy atom. The lowest BCUT2D eigenvalue weighted by Crippen LogP contribution is -2.51. The van der Waals surface area contributed by atoms with Crippen molar-refractivity contribution in [1.82, 2.24) is 10.6 Å². The van der Waals surface area contributed by atoms with Crippen LogP contribution in [0, 0.1) is 5.92 Å². The third-order valence-corrected chi connectivity index (χ3v) is 3.91. The molecule has 0 aliphatic rings. The van der Waals surface area contributed by atoms with Crippen LogP contribution in [0.1, 0.15) is 52.2 Å². The summed E-state index contributed by atoms with van der Waals surface area (Å²) in [6.45, 7) is 9.39. The van der Waals surface area contributed by atoms with E-state index in [4.69, 9.17) is 4.74 Å². The average molecular weight is 350 g/mol. The van der Waals surface area contributed by atoms with Crippen LogP contribution in [0.3, 0.4) is 0 Å². The van der Waals surface area contributed by atoms with Crippen LogP contribution in [0.15, 0.2) is 24.3 Å². The largest absolute Gasteiger partial charge is 0.444 e. The van der Waals surface area contributed by atoms with E-state index in [1.54, 1.807) is 20.8 Å². The number of aliphatic hydroxyl groups excluding tert-OH is 1. The SMILES string of the molecule is CC[C@H](C)[C@H](NC(=O)OC(C)(C)C)C(=O)NCc1ccccc1CO. The predicted octanol–water partition coefficient (Wildman–Crippen LogP) is 2.73. The number of ether oxygens (including phenoxy) is 1. The molecule has 2 atom stereocenters. The van der Waals surface area contributed by atoms with Gasteiger partial charge in [-0.3, -0.25) is 4.79 Å². The number of hydrogen-bond donors (Lipinski definition) is 3. The van der Waals surface area contributed by atoms with Gasteiger partial charge in [-0.15, -0.1) is 0 Å². The van der Waals surface area contributed by atoms with Gasteiger partial charge in [-0.1, -0.05) is 44.5 Å². The van der Waals surface area contributed by atoms with Crippen LogP contribution in [0.25, 0.3) is 0 Å². The summed E-state index contributed by atoms with van der Waals surface area (Å²) in [5, 5.41) is 14.9. The van der Waals surface area contributed by atoms with Gasteiger partial charge >= 0.3 is 6.09 Å². The van der Waals surface area contributed by atoms with Crippen molar-refractivity contribution in [1.29, 1.82) is 0 Å². The van der Waals surface area contributed by atoms with E-state index in [9.17, 15) is 14.7 Å². The van der Waals surface area contributed by atoms with E-state index in [1.165, 1.54) is 0 Å². The number of alkyl carbamates (subject to hydrolysis) is 1. The van der Waals surface area contributed by atoms with Crippen LogP contribution in [0.5, 0.6) is 0 Å². The summed E-state index contributed by atoms with van der Waals surface area (Å²) in [5.74, 6) is -0.312. The van der Waals surface area contributed by atoms with Crippen molar-refractivity contribution in [3.05, 3.63) is 35.4 Å². The second kappa shape index (κ2) is 9.42. The first kappa shape index (κ1) is 21.0. The first-order valence-corrected chi connectivity index (χ1v) is 8.62. The van der Waals surface area contributed by atoms with Gasteiger partial charge in [0.2, 0.25) is 5.91 Å². The minimum atomic E-state index is -0.680. The van der Waals surface area contributed by atoms with E-state index in [2.05, 4.69) is 10.6 Å². The molecule has 0 spiro atoms. The Bertz CT molecular complexity index is 581. The van der Waals surface area contributed by atoms with Crippen molar-refractivity contribution in [3.8, 4) is 0 Å². The highest BCUT2D eigenvalue weighted by Gasteiger charge is 2.28. The molecule has 0 saturated heterocycles. The number of carbonyl (C=O) groups excluding carboxylic acids is 2. The molecular weight excluding hydrogens is 320 g/mol. The number of benzene rings is 1. The van der Waals surface area contributed by atoms with E-state index in [1.807, 2.05) is 38.1 Å². The van der Waals surface area contributed by atoms with Gasteiger partial charge in [0.15, 0.2) is 0 Å². The fourth-order valence-corrected chi connectivity index (χ4v) is 2.31. The van der Waals surface area contributed by atoms with E-state index in [0.29, 0.717) is 6.54 Å². The van der Waals surface area contributed by atoms with Crippen LogP contribution in [-0.4, -0.2) is 28.7 Å². The van der Waals surface area contributed by atoms with Crippen molar-refractivity contribution in [2.75, 3.05) is 0 Å². The lowest BCUT2D eigenvalue weighted by atomic mass is 9.98. The minimum Gasteiger partial charge on any atom is -0.444 e. The van der Waals surface area contributed by atoms with Crippen molar-refractivity contribution in [2.45, 2.75) is 65.8 Å². The first-order chi connectivity index (χ1) is 11.7. The smallest absolute Gasteiger partial charge is 0.408 e. The average Bonchev–Trinajstić information content (AvgIpc) is 2.55. The second-order valence-electron chi connectivity index (χ2n) is 7.15. The van der Waals surface area contributed by atoms with E-state index in [0.717, 1.165) is 17.5 Å². The maximum atomic E-state index is 12.6. The lowest BCUT2D eigenvalue weighted by Gasteiger charge is -2.26. The van der Waals surface area contributed by atoms with Crippen LogP contribution in [0.4, 0.5) is 4.79 Å². The lowest BCUT2D eigenvalue weighted by molar-refractivity contribution is -0.124. The third kappa shape index (κ3) is 7.13. The van der Waals surface area contributed by atoms with Gasteiger partial charge in [-0.05, 0) is 37.8 Å². The van der Waals surface area contributed by atoms with Gasteiger partial charge in [0.05, 0.1) is 6.61 Å². The number of nitrogens with one attached hydrogen (secondary N) is 2. The van der Waals surface area contributed by atoms with Crippen LogP contribution < -0.4 is 10.6 Å². The molecule has 1 aromatic rings. The van der Waals surface area contributed by atoms with Crippen LogP contribution in [0.2, 0.25) is 0 Å². The topological polar surface area (TPSA) is 87.7 Å². The fraction of sp³-hybridized carbons (Fsp3) is 0.579. The molecular formula is C19H30N2O4. The number of aliphatic hydroxyl groups is 1. The highest BCUT2D eigenvalue weighted by molar-refractivity contribution is 5.86. The molecule has 0 radical (unpaired) electrons. The summed E-state index contributed by atoms with van der Waals surface area (Å²) in [5.41, 5.74) is 0.988. The molecule has 2 amide bonds. The number of carbonyl (C=O) groups is 2. The summed E-state index contributed by atoms with van der Waals surface area (Å²) in [6, 6.07) is 6.67. The maximum absolute atomic E-state index is 12.6. The molecule has 6 nitrogen and oxygen atoms in total. The minimum absolute atomic E-state index is 0.0411. The Labute approximate surface area is 150 Å². The molecule has 140 valence electrons. The summed E-state index contributed by atoms with van der Waals surface area (Å²) < 4.78 is 5.25. The molecule has 0 saturated carbocycles. The molecule has 0 unspecified atom stereocenters. The molecule has 0 bridgehead atoms. The highest BCUT2D eigenvalue weighted by atomic mass is 16.6. The van der Waals surface area contributed by atoms with Crippen molar-refractivity contribution in [3.63, 3.8) is 0 Å². The molecule has 0 aromatic heterocycles. The predicted molar refractivity (Wildman–Crippen MR) is 96.8 cm³/mol. The van der Waals surface area contributed by atoms with Crippen molar-refractivity contribution >= 4 is 12.0 Å². The molecule has 0 aliphatic heterocycles. The third-order valence-electron chi connectivity index (χ3n) is 3.91. The number of amides is 2. The molecule has 0 fully saturated rings. The Hall–Kier alpha value is -2.08. The Balaban J connectivity index is 2.75. The summed E-state index contributed by atoms with van der Waals surface area (Å²) in [7, 11) is 0. The normalized spacial score (nSPS) is 13.7. The second-order valence-corrected chi connectivity index (χ2v) is 7.15. The van der Waals surface area contributed by atoms with Crippen LogP contribution in [-0.2, 0) is 22.7 Å². The standard InChI is InChI=1S/C19H30N2O4/c1-6-13(2)16(21-18(24)25-19(3,4)5)17(23)20-11-14-9-7-8-10-15(14)12-22/h7-10,13,16,22H,6,11-12H2,1-5H3,(H,20,23)(H,21,24)/t13-,16-/m0/s1. The fourth-order valence-electron chi connectivity index (χ4n) is 2.31. The van der Waals surface area contributed by atoms with Gasteiger partial charge in [-0.25, -0.2) is 4.79 Å². The van der Waals surface area contributed by atoms with E-state index < -0.39 is 17.7 Å². The van der Waals surface area contributed by atoms with Gasteiger partial charge in [0, 0.05) is 6.54 Å². The molecule has 1 rings (SSSR count). The van der Waals surface area contributed by atoms with Gasteiger partial charge in [0.1, 0.15) is 11.6 Å². The maximum Gasteiger partial charge on any atom is 0.408 e. The van der Waals surface area contributed by atoms with Gasteiger partial charge in [-0.2, -0.15) is 0 Å². The molecule has 3 N–H and O–H groups in total. The Morgan fingerprint density at radius 3 is 2.32 bits per heavy atom. The molecule has 0 aliphatic carbocycles. The van der Waals surface area contributed by atoms with Crippen molar-refractivity contribution in [2.24, 2.45) is 5.92 Å². The van der Waals surface area contributed by atoms with Gasteiger partial charge in [0.25, 0.3) is 0 Å². The monoisotopic (exact) mass is 350 g/mol. The molecule has 0 heterocycles. The van der Waals surface area contributed by atoms with E-state index >= 15 is 0 Å². The quantitative estimate of drug-likeness (QED) is 0.705. The Kier molecular flexibility index (Phi) is 7.90. The molecule has 6 heteroatoms. The van der Waals surface area contributed by atoms with Gasteiger partial charge < -0.3 is 20.5 Å². The van der Waals surface area contributed by atoms with E-state index in [-0.39, 0.29) is 18.4 Å². The Morgan fingerprint density at radius 2 is 1.80 bits per heavy atom. The first-order valence-electron chi connectivity index (χ1n) is 8.62. The number of rotatable bonds is 7. The summed E-state index contributed by atoms with van der Waals surface area (Å²) in [6.07, 6.45) is 0.130. The zero-order chi connectivity index (χ0) is 19.0. The van der Waals surface area contributed by atoms with Crippen molar-refractivity contribution < 1.29 is 19.4 Å². The summed E-state index contributed by atoms with van der Waals surface area (Å²) in [4.78, 5) is 24.6. The zero-order valence-electron chi connectivity index (χ0n) is 15.8. The zero-order valence-corrected chi connectivity index (χ0v) is 15.8.